The zero-order chi connectivity index (χ0) is 20.5. The van der Waals surface area contributed by atoms with Crippen molar-refractivity contribution in [3.05, 3.63) is 72.6 Å². The summed E-state index contributed by atoms with van der Waals surface area (Å²) in [6, 6.07) is 13.7. The number of imidazole rings is 1. The van der Waals surface area contributed by atoms with Crippen molar-refractivity contribution in [1.29, 1.82) is 0 Å². The van der Waals surface area contributed by atoms with Crippen LogP contribution in [0, 0.1) is 5.82 Å². The summed E-state index contributed by atoms with van der Waals surface area (Å²) in [4.78, 5) is 19.6. The molecule has 0 saturated carbocycles. The lowest BCUT2D eigenvalue weighted by Gasteiger charge is -2.14. The number of aromatic amines is 1. The number of fused-ring (bicyclic) bond motifs is 2. The first-order chi connectivity index (χ1) is 14.7. The zero-order valence-electron chi connectivity index (χ0n) is 15.9. The molecule has 0 spiro atoms. The molecule has 0 unspecified atom stereocenters. The molecule has 0 saturated heterocycles. The van der Waals surface area contributed by atoms with Gasteiger partial charge < -0.3 is 16.0 Å². The van der Waals surface area contributed by atoms with E-state index in [2.05, 4.69) is 42.4 Å². The van der Waals surface area contributed by atoms with Crippen molar-refractivity contribution in [2.75, 3.05) is 17.6 Å². The Labute approximate surface area is 171 Å². The molecule has 148 valence electrons. The molecule has 3 aromatic heterocycles. The highest BCUT2D eigenvalue weighted by molar-refractivity contribution is 5.98. The first-order valence-corrected chi connectivity index (χ1v) is 9.51. The minimum absolute atomic E-state index is 0.173. The van der Waals surface area contributed by atoms with Gasteiger partial charge in [0.25, 0.3) is 0 Å². The highest BCUT2D eigenvalue weighted by Gasteiger charge is 2.13. The predicted octanol–water partition coefficient (Wildman–Crippen LogP) is 3.94. The summed E-state index contributed by atoms with van der Waals surface area (Å²) in [7, 11) is 0. The second kappa shape index (κ2) is 7.40. The van der Waals surface area contributed by atoms with Gasteiger partial charge in [0.2, 0.25) is 5.95 Å². The lowest BCUT2D eigenvalue weighted by atomic mass is 9.92. The fourth-order valence-corrected chi connectivity index (χ4v) is 3.71. The van der Waals surface area contributed by atoms with E-state index in [4.69, 9.17) is 5.73 Å². The Morgan fingerprint density at radius 3 is 2.87 bits per heavy atom. The number of rotatable bonds is 5. The first-order valence-electron chi connectivity index (χ1n) is 9.51. The first kappa shape index (κ1) is 18.0. The molecular formula is C22H18FN7. The molecule has 4 N–H and O–H groups in total. The number of hydrogen-bond acceptors (Lipinski definition) is 6. The Hall–Kier alpha value is -4.07. The van der Waals surface area contributed by atoms with Gasteiger partial charge in [0, 0.05) is 18.3 Å². The summed E-state index contributed by atoms with van der Waals surface area (Å²) < 4.78 is 13.9. The van der Waals surface area contributed by atoms with Crippen molar-refractivity contribution in [1.82, 2.24) is 24.9 Å². The van der Waals surface area contributed by atoms with E-state index in [0.717, 1.165) is 27.5 Å². The standard InChI is InChI=1S/C22H18FN7/c23-16-9-15(10-25-11-16)18-14(6-5-13-3-1-2-4-17(13)18)7-8-26-20-19-21(28-12-27-19)30-22(24)29-20/h1-6,9-12H,7-8H2,(H4,24,26,27,28,29,30). The molecule has 0 aliphatic rings. The van der Waals surface area contributed by atoms with E-state index in [1.807, 2.05) is 24.3 Å². The predicted molar refractivity (Wildman–Crippen MR) is 115 cm³/mol. The molecule has 0 amide bonds. The van der Waals surface area contributed by atoms with Crippen LogP contribution >= 0.6 is 0 Å². The summed E-state index contributed by atoms with van der Waals surface area (Å²) in [5.41, 5.74) is 9.82. The van der Waals surface area contributed by atoms with E-state index in [-0.39, 0.29) is 11.8 Å². The number of hydrogen-bond donors (Lipinski definition) is 3. The summed E-state index contributed by atoms with van der Waals surface area (Å²) in [6.45, 7) is 0.590. The van der Waals surface area contributed by atoms with Crippen LogP contribution in [0.15, 0.2) is 61.2 Å². The van der Waals surface area contributed by atoms with Crippen LogP contribution in [0.1, 0.15) is 5.56 Å². The zero-order valence-corrected chi connectivity index (χ0v) is 15.9. The number of nitrogen functional groups attached to an aromatic ring is 1. The van der Waals surface area contributed by atoms with Gasteiger partial charge >= 0.3 is 0 Å². The third-order valence-electron chi connectivity index (χ3n) is 4.99. The summed E-state index contributed by atoms with van der Waals surface area (Å²) in [6.07, 6.45) is 5.15. The van der Waals surface area contributed by atoms with E-state index in [1.165, 1.54) is 12.3 Å². The number of nitrogens with zero attached hydrogens (tertiary/aromatic N) is 4. The number of benzene rings is 2. The molecule has 5 aromatic rings. The number of nitrogens with two attached hydrogens (primary N) is 1. The highest BCUT2D eigenvalue weighted by Crippen LogP contribution is 2.32. The van der Waals surface area contributed by atoms with E-state index < -0.39 is 0 Å². The topological polar surface area (TPSA) is 105 Å². The quantitative estimate of drug-likeness (QED) is 0.413. The van der Waals surface area contributed by atoms with Gasteiger partial charge in [-0.1, -0.05) is 36.4 Å². The number of pyridine rings is 1. The van der Waals surface area contributed by atoms with Gasteiger partial charge in [0.1, 0.15) is 11.3 Å². The van der Waals surface area contributed by atoms with Crippen LogP contribution in [0.5, 0.6) is 0 Å². The van der Waals surface area contributed by atoms with E-state index in [0.29, 0.717) is 29.9 Å². The van der Waals surface area contributed by atoms with Crippen molar-refractivity contribution < 1.29 is 4.39 Å². The summed E-state index contributed by atoms with van der Waals surface area (Å²) >= 11 is 0. The molecular weight excluding hydrogens is 381 g/mol. The van der Waals surface area contributed by atoms with Crippen LogP contribution in [0.2, 0.25) is 0 Å². The molecule has 3 heterocycles. The maximum atomic E-state index is 13.9. The van der Waals surface area contributed by atoms with Crippen LogP contribution in [-0.2, 0) is 6.42 Å². The average Bonchev–Trinajstić information content (AvgIpc) is 3.22. The Bertz CT molecular complexity index is 1360. The molecule has 0 fully saturated rings. The van der Waals surface area contributed by atoms with E-state index in [9.17, 15) is 4.39 Å². The smallest absolute Gasteiger partial charge is 0.224 e. The largest absolute Gasteiger partial charge is 0.368 e. The van der Waals surface area contributed by atoms with Gasteiger partial charge in [0.05, 0.1) is 12.5 Å². The Morgan fingerprint density at radius 2 is 1.97 bits per heavy atom. The summed E-state index contributed by atoms with van der Waals surface area (Å²) in [5.74, 6) is 0.391. The minimum Gasteiger partial charge on any atom is -0.368 e. The molecule has 8 heteroatoms. The molecule has 0 bridgehead atoms. The van der Waals surface area contributed by atoms with E-state index in [1.54, 1.807) is 12.5 Å². The lowest BCUT2D eigenvalue weighted by molar-refractivity contribution is 0.622. The van der Waals surface area contributed by atoms with Crippen molar-refractivity contribution in [2.45, 2.75) is 6.42 Å². The van der Waals surface area contributed by atoms with Crippen LogP contribution in [0.25, 0.3) is 33.1 Å². The van der Waals surface area contributed by atoms with Crippen molar-refractivity contribution in [2.24, 2.45) is 0 Å². The monoisotopic (exact) mass is 399 g/mol. The van der Waals surface area contributed by atoms with Crippen molar-refractivity contribution >= 4 is 33.7 Å². The van der Waals surface area contributed by atoms with Crippen LogP contribution in [0.3, 0.4) is 0 Å². The number of nitrogens with one attached hydrogen (secondary N) is 2. The van der Waals surface area contributed by atoms with Gasteiger partial charge in [-0.15, -0.1) is 0 Å². The maximum Gasteiger partial charge on any atom is 0.224 e. The SMILES string of the molecule is Nc1nc(NCCc2ccc3ccccc3c2-c2cncc(F)c2)c2nc[nH]c2n1. The fraction of sp³-hybridized carbons (Fsp3) is 0.0909. The molecule has 0 atom stereocenters. The number of anilines is 2. The third-order valence-corrected chi connectivity index (χ3v) is 4.99. The molecule has 0 aliphatic carbocycles. The molecule has 5 rings (SSSR count). The van der Waals surface area contributed by atoms with Gasteiger partial charge in [-0.2, -0.15) is 9.97 Å². The number of H-pyrrole nitrogens is 1. The minimum atomic E-state index is -0.359. The Morgan fingerprint density at radius 1 is 1.07 bits per heavy atom. The average molecular weight is 399 g/mol. The number of aromatic nitrogens is 5. The second-order valence-electron chi connectivity index (χ2n) is 6.92. The fourth-order valence-electron chi connectivity index (χ4n) is 3.71. The molecule has 7 nitrogen and oxygen atoms in total. The highest BCUT2D eigenvalue weighted by atomic mass is 19.1. The van der Waals surface area contributed by atoms with Crippen LogP contribution in [0.4, 0.5) is 16.2 Å². The lowest BCUT2D eigenvalue weighted by Crippen LogP contribution is -2.09. The van der Waals surface area contributed by atoms with Crippen molar-refractivity contribution in [3.63, 3.8) is 0 Å². The summed E-state index contributed by atoms with van der Waals surface area (Å²) in [5, 5.41) is 5.45. The van der Waals surface area contributed by atoms with Crippen LogP contribution in [-0.4, -0.2) is 31.5 Å². The normalized spacial score (nSPS) is 11.2. The Balaban J connectivity index is 1.50. The van der Waals surface area contributed by atoms with Gasteiger partial charge in [0.15, 0.2) is 11.5 Å². The molecule has 0 aliphatic heterocycles. The molecule has 30 heavy (non-hydrogen) atoms. The number of halogens is 1. The third kappa shape index (κ3) is 3.28. The molecule has 0 radical (unpaired) electrons. The van der Waals surface area contributed by atoms with Gasteiger partial charge in [-0.25, -0.2) is 9.37 Å². The van der Waals surface area contributed by atoms with Gasteiger partial charge in [-0.3, -0.25) is 4.98 Å². The van der Waals surface area contributed by atoms with Gasteiger partial charge in [-0.05, 0) is 34.4 Å². The maximum absolute atomic E-state index is 13.9. The van der Waals surface area contributed by atoms with Crippen molar-refractivity contribution in [3.8, 4) is 11.1 Å². The van der Waals surface area contributed by atoms with E-state index >= 15 is 0 Å². The second-order valence-corrected chi connectivity index (χ2v) is 6.92. The Kier molecular flexibility index (Phi) is 4.44. The van der Waals surface area contributed by atoms with Crippen LogP contribution < -0.4 is 11.1 Å². The molecule has 2 aromatic carbocycles.